The fraction of sp³-hybridized carbons (Fsp3) is 0.308. The Labute approximate surface area is 114 Å². The summed E-state index contributed by atoms with van der Waals surface area (Å²) in [5, 5.41) is 8.89. The van der Waals surface area contributed by atoms with E-state index in [0.29, 0.717) is 12.2 Å². The van der Waals surface area contributed by atoms with Gasteiger partial charge in [0, 0.05) is 12.6 Å². The van der Waals surface area contributed by atoms with E-state index >= 15 is 0 Å². The molecular weight excluding hydrogens is 262 g/mol. The van der Waals surface area contributed by atoms with E-state index in [1.807, 2.05) is 24.4 Å². The fourth-order valence-electron chi connectivity index (χ4n) is 1.57. The highest BCUT2D eigenvalue weighted by Gasteiger charge is 2.07. The van der Waals surface area contributed by atoms with Crippen LogP contribution in [-0.4, -0.2) is 22.2 Å². The molecule has 0 radical (unpaired) electrons. The number of nitrogens with zero attached hydrogens (tertiary/aromatic N) is 2. The number of amides is 1. The minimum absolute atomic E-state index is 0.0436. The van der Waals surface area contributed by atoms with E-state index in [2.05, 4.69) is 10.4 Å². The number of carbonyl (C=O) groups excluding carboxylic acids is 1. The summed E-state index contributed by atoms with van der Waals surface area (Å²) in [6.45, 7) is 2.54. The molecule has 0 fully saturated rings. The molecule has 0 bridgehead atoms. The SMILES string of the molecule is CCCNC(=O)Cn1nc(-c2cccs2)ccc1=O. The van der Waals surface area contributed by atoms with Crippen molar-refractivity contribution in [3.8, 4) is 10.6 Å². The average molecular weight is 277 g/mol. The first-order chi connectivity index (χ1) is 9.20. The molecule has 5 nitrogen and oxygen atoms in total. The third-order valence-corrected chi connectivity index (χ3v) is 3.40. The van der Waals surface area contributed by atoms with Crippen LogP contribution < -0.4 is 10.9 Å². The summed E-state index contributed by atoms with van der Waals surface area (Å²) in [5.41, 5.74) is 0.435. The predicted molar refractivity (Wildman–Crippen MR) is 75.1 cm³/mol. The predicted octanol–water partition coefficient (Wildman–Crippen LogP) is 1.50. The van der Waals surface area contributed by atoms with Gasteiger partial charge in [-0.05, 0) is 23.9 Å². The first-order valence-electron chi connectivity index (χ1n) is 6.09. The van der Waals surface area contributed by atoms with E-state index in [1.165, 1.54) is 10.7 Å². The second-order valence-electron chi connectivity index (χ2n) is 4.04. The van der Waals surface area contributed by atoms with Crippen LogP contribution in [0.25, 0.3) is 10.6 Å². The maximum atomic E-state index is 11.7. The van der Waals surface area contributed by atoms with Crippen LogP contribution >= 0.6 is 11.3 Å². The van der Waals surface area contributed by atoms with E-state index in [-0.39, 0.29) is 18.0 Å². The number of carbonyl (C=O) groups is 1. The third-order valence-electron chi connectivity index (χ3n) is 2.51. The molecule has 2 aromatic heterocycles. The Kier molecular flexibility index (Phi) is 4.46. The Morgan fingerprint density at radius 1 is 1.42 bits per heavy atom. The molecule has 0 aliphatic carbocycles. The summed E-state index contributed by atoms with van der Waals surface area (Å²) in [7, 11) is 0. The fourth-order valence-corrected chi connectivity index (χ4v) is 2.26. The molecule has 1 amide bonds. The Bertz CT molecular complexity index is 605. The Morgan fingerprint density at radius 2 is 2.26 bits per heavy atom. The minimum Gasteiger partial charge on any atom is -0.355 e. The number of thiophene rings is 1. The van der Waals surface area contributed by atoms with E-state index in [1.54, 1.807) is 17.4 Å². The Hall–Kier alpha value is -1.95. The largest absolute Gasteiger partial charge is 0.355 e. The standard InChI is InChI=1S/C13H15N3O2S/c1-2-7-14-12(17)9-16-13(18)6-5-10(15-16)11-4-3-8-19-11/h3-6,8H,2,7,9H2,1H3,(H,14,17). The molecule has 0 unspecified atom stereocenters. The maximum Gasteiger partial charge on any atom is 0.267 e. The van der Waals surface area contributed by atoms with Gasteiger partial charge in [-0.1, -0.05) is 13.0 Å². The number of hydrogen-bond donors (Lipinski definition) is 1. The number of nitrogens with one attached hydrogen (secondary N) is 1. The molecule has 100 valence electrons. The van der Waals surface area contributed by atoms with Crippen molar-refractivity contribution in [1.82, 2.24) is 15.1 Å². The zero-order valence-electron chi connectivity index (χ0n) is 10.6. The molecule has 2 heterocycles. The highest BCUT2D eigenvalue weighted by atomic mass is 32.1. The quantitative estimate of drug-likeness (QED) is 0.900. The summed E-state index contributed by atoms with van der Waals surface area (Å²) < 4.78 is 1.19. The van der Waals surface area contributed by atoms with Gasteiger partial charge in [-0.25, -0.2) is 4.68 Å². The highest BCUT2D eigenvalue weighted by molar-refractivity contribution is 7.13. The van der Waals surface area contributed by atoms with Gasteiger partial charge in [0.2, 0.25) is 5.91 Å². The van der Waals surface area contributed by atoms with Crippen LogP contribution in [0.1, 0.15) is 13.3 Å². The summed E-state index contributed by atoms with van der Waals surface area (Å²) in [6.07, 6.45) is 0.864. The first-order valence-corrected chi connectivity index (χ1v) is 6.97. The lowest BCUT2D eigenvalue weighted by atomic mass is 10.3. The Balaban J connectivity index is 2.18. The van der Waals surface area contributed by atoms with Gasteiger partial charge in [0.15, 0.2) is 0 Å². The van der Waals surface area contributed by atoms with Crippen molar-refractivity contribution in [1.29, 1.82) is 0 Å². The van der Waals surface area contributed by atoms with E-state index < -0.39 is 0 Å². The molecule has 6 heteroatoms. The molecule has 1 N–H and O–H groups in total. The van der Waals surface area contributed by atoms with Crippen molar-refractivity contribution in [3.05, 3.63) is 40.0 Å². The smallest absolute Gasteiger partial charge is 0.267 e. The van der Waals surface area contributed by atoms with Crippen molar-refractivity contribution in [2.24, 2.45) is 0 Å². The monoisotopic (exact) mass is 277 g/mol. The van der Waals surface area contributed by atoms with Gasteiger partial charge in [0.1, 0.15) is 12.2 Å². The minimum atomic E-state index is -0.271. The molecule has 0 aromatic carbocycles. The van der Waals surface area contributed by atoms with Crippen LogP contribution in [0.5, 0.6) is 0 Å². The molecule has 0 aliphatic rings. The van der Waals surface area contributed by atoms with Crippen molar-refractivity contribution < 1.29 is 4.79 Å². The van der Waals surface area contributed by atoms with Crippen LogP contribution in [-0.2, 0) is 11.3 Å². The van der Waals surface area contributed by atoms with E-state index in [4.69, 9.17) is 0 Å². The lowest BCUT2D eigenvalue weighted by Gasteiger charge is -2.06. The molecule has 0 spiro atoms. The highest BCUT2D eigenvalue weighted by Crippen LogP contribution is 2.20. The number of aromatic nitrogens is 2. The van der Waals surface area contributed by atoms with Crippen LogP contribution in [0.2, 0.25) is 0 Å². The van der Waals surface area contributed by atoms with Crippen LogP contribution in [0.3, 0.4) is 0 Å². The topological polar surface area (TPSA) is 64.0 Å². The third kappa shape index (κ3) is 3.51. The summed E-state index contributed by atoms with van der Waals surface area (Å²) >= 11 is 1.54. The Morgan fingerprint density at radius 3 is 2.95 bits per heavy atom. The van der Waals surface area contributed by atoms with Crippen LogP contribution in [0.15, 0.2) is 34.4 Å². The van der Waals surface area contributed by atoms with Gasteiger partial charge in [0.25, 0.3) is 5.56 Å². The van der Waals surface area contributed by atoms with Gasteiger partial charge < -0.3 is 5.32 Å². The number of hydrogen-bond acceptors (Lipinski definition) is 4. The van der Waals surface area contributed by atoms with Crippen molar-refractivity contribution in [3.63, 3.8) is 0 Å². The van der Waals surface area contributed by atoms with Gasteiger partial charge in [-0.15, -0.1) is 11.3 Å². The van der Waals surface area contributed by atoms with Crippen LogP contribution in [0.4, 0.5) is 0 Å². The van der Waals surface area contributed by atoms with Crippen molar-refractivity contribution >= 4 is 17.2 Å². The van der Waals surface area contributed by atoms with Gasteiger partial charge >= 0.3 is 0 Å². The summed E-state index contributed by atoms with van der Waals surface area (Å²) in [4.78, 5) is 24.3. The van der Waals surface area contributed by atoms with E-state index in [0.717, 1.165) is 11.3 Å². The van der Waals surface area contributed by atoms with Crippen LogP contribution in [0, 0.1) is 0 Å². The molecule has 0 saturated heterocycles. The molecular formula is C13H15N3O2S. The summed E-state index contributed by atoms with van der Waals surface area (Å²) in [5.74, 6) is -0.195. The first kappa shape index (κ1) is 13.5. The second-order valence-corrected chi connectivity index (χ2v) is 4.99. The van der Waals surface area contributed by atoms with Crippen molar-refractivity contribution in [2.75, 3.05) is 6.54 Å². The molecule has 0 atom stereocenters. The lowest BCUT2D eigenvalue weighted by Crippen LogP contribution is -2.33. The molecule has 2 aromatic rings. The van der Waals surface area contributed by atoms with Gasteiger partial charge in [-0.2, -0.15) is 5.10 Å². The van der Waals surface area contributed by atoms with Gasteiger partial charge in [-0.3, -0.25) is 9.59 Å². The normalized spacial score (nSPS) is 10.4. The lowest BCUT2D eigenvalue weighted by molar-refractivity contribution is -0.121. The zero-order valence-corrected chi connectivity index (χ0v) is 11.4. The molecule has 19 heavy (non-hydrogen) atoms. The maximum absolute atomic E-state index is 11.7. The molecule has 0 saturated carbocycles. The van der Waals surface area contributed by atoms with Gasteiger partial charge in [0.05, 0.1) is 4.88 Å². The zero-order chi connectivity index (χ0) is 13.7. The second kappa shape index (κ2) is 6.29. The average Bonchev–Trinajstić information content (AvgIpc) is 2.93. The number of rotatable bonds is 5. The van der Waals surface area contributed by atoms with E-state index in [9.17, 15) is 9.59 Å². The summed E-state index contributed by atoms with van der Waals surface area (Å²) in [6, 6.07) is 6.97. The van der Waals surface area contributed by atoms with Crippen molar-refractivity contribution in [2.45, 2.75) is 19.9 Å². The molecule has 2 rings (SSSR count). The molecule has 0 aliphatic heterocycles.